The highest BCUT2D eigenvalue weighted by molar-refractivity contribution is 6.32. The number of nitrogens with zero attached hydrogens (tertiary/aromatic N) is 2. The number of carbonyl (C=O) groups excluding carboxylic acids is 1. The summed E-state index contributed by atoms with van der Waals surface area (Å²) in [7, 11) is 0. The Hall–Kier alpha value is -3.16. The maximum Gasteiger partial charge on any atom is 0.408 e. The van der Waals surface area contributed by atoms with Gasteiger partial charge in [0.25, 0.3) is 0 Å². The van der Waals surface area contributed by atoms with E-state index >= 15 is 0 Å². The molecule has 1 heterocycles. The lowest BCUT2D eigenvalue weighted by Crippen LogP contribution is -2.43. The van der Waals surface area contributed by atoms with Crippen LogP contribution in [0, 0.1) is 0 Å². The second-order valence-corrected chi connectivity index (χ2v) is 9.92. The predicted molar refractivity (Wildman–Crippen MR) is 135 cm³/mol. The zero-order valence-electron chi connectivity index (χ0n) is 20.1. The van der Waals surface area contributed by atoms with Gasteiger partial charge in [-0.15, -0.1) is 0 Å². The quantitative estimate of drug-likeness (QED) is 0.391. The van der Waals surface area contributed by atoms with Crippen molar-refractivity contribution in [3.05, 3.63) is 70.9 Å². The number of ether oxygens (including phenoxy) is 1. The standard InChI is InChI=1S/C26H31ClN4O3/c1-25(2,3)34-24(33)31-26(4,5)19-10-8-18(9-11-19)22-21(27)16-28-23(30-22)29-20-12-6-17(7-13-20)14-15-32/h6-13,16,32H,14-15H2,1-5H3,(H,31,33)(H,28,29,30). The van der Waals surface area contributed by atoms with E-state index in [-0.39, 0.29) is 6.61 Å². The molecule has 3 rings (SSSR count). The molecule has 1 aromatic heterocycles. The molecule has 7 nitrogen and oxygen atoms in total. The number of alkyl carbamates (subject to hydrolysis) is 1. The summed E-state index contributed by atoms with van der Waals surface area (Å²) in [6.07, 6.45) is 1.71. The average Bonchev–Trinajstić information content (AvgIpc) is 2.75. The van der Waals surface area contributed by atoms with Crippen LogP contribution in [-0.4, -0.2) is 33.4 Å². The van der Waals surface area contributed by atoms with Gasteiger partial charge in [-0.05, 0) is 64.3 Å². The van der Waals surface area contributed by atoms with Crippen molar-refractivity contribution in [2.75, 3.05) is 11.9 Å². The zero-order valence-corrected chi connectivity index (χ0v) is 20.9. The van der Waals surface area contributed by atoms with E-state index in [2.05, 4.69) is 20.6 Å². The number of benzene rings is 2. The van der Waals surface area contributed by atoms with Gasteiger partial charge in [-0.2, -0.15) is 0 Å². The molecule has 0 aliphatic carbocycles. The second-order valence-electron chi connectivity index (χ2n) is 9.51. The molecule has 3 N–H and O–H groups in total. The molecule has 2 aromatic carbocycles. The molecule has 0 atom stereocenters. The van der Waals surface area contributed by atoms with Crippen molar-refractivity contribution in [3.63, 3.8) is 0 Å². The molecule has 0 aliphatic heterocycles. The van der Waals surface area contributed by atoms with Crippen LogP contribution in [0.4, 0.5) is 16.4 Å². The highest BCUT2D eigenvalue weighted by atomic mass is 35.5. The van der Waals surface area contributed by atoms with Gasteiger partial charge < -0.3 is 20.5 Å². The molecule has 8 heteroatoms. The summed E-state index contributed by atoms with van der Waals surface area (Å²) < 4.78 is 5.38. The first kappa shape index (κ1) is 25.5. The van der Waals surface area contributed by atoms with E-state index in [0.29, 0.717) is 23.1 Å². The third kappa shape index (κ3) is 6.92. The van der Waals surface area contributed by atoms with Crippen molar-refractivity contribution < 1.29 is 14.6 Å². The molecular formula is C26H31ClN4O3. The van der Waals surface area contributed by atoms with Crippen molar-refractivity contribution in [3.8, 4) is 11.3 Å². The number of anilines is 2. The summed E-state index contributed by atoms with van der Waals surface area (Å²) in [5, 5.41) is 15.6. The van der Waals surface area contributed by atoms with E-state index < -0.39 is 17.2 Å². The normalized spacial score (nSPS) is 11.7. The Morgan fingerprint density at radius 2 is 1.68 bits per heavy atom. The maximum atomic E-state index is 12.2. The molecule has 0 radical (unpaired) electrons. The SMILES string of the molecule is CC(C)(C)OC(=O)NC(C)(C)c1ccc(-c2nc(Nc3ccc(CCO)cc3)ncc2Cl)cc1. The third-order valence-corrected chi connectivity index (χ3v) is 5.32. The van der Waals surface area contributed by atoms with Gasteiger partial charge >= 0.3 is 6.09 Å². The highest BCUT2D eigenvalue weighted by Crippen LogP contribution is 2.29. The summed E-state index contributed by atoms with van der Waals surface area (Å²) >= 11 is 6.40. The molecule has 3 aromatic rings. The predicted octanol–water partition coefficient (Wildman–Crippen LogP) is 5.84. The number of aliphatic hydroxyl groups excluding tert-OH is 1. The summed E-state index contributed by atoms with van der Waals surface area (Å²) in [6, 6.07) is 15.4. The molecule has 0 saturated heterocycles. The topological polar surface area (TPSA) is 96.4 Å². The smallest absolute Gasteiger partial charge is 0.408 e. The summed E-state index contributed by atoms with van der Waals surface area (Å²) in [4.78, 5) is 21.1. The van der Waals surface area contributed by atoms with Crippen molar-refractivity contribution in [1.82, 2.24) is 15.3 Å². The van der Waals surface area contributed by atoms with Crippen LogP contribution in [0.1, 0.15) is 45.7 Å². The molecule has 34 heavy (non-hydrogen) atoms. The number of hydrogen-bond acceptors (Lipinski definition) is 6. The lowest BCUT2D eigenvalue weighted by Gasteiger charge is -2.29. The molecule has 0 bridgehead atoms. The van der Waals surface area contributed by atoms with E-state index in [1.807, 2.05) is 83.1 Å². The third-order valence-electron chi connectivity index (χ3n) is 5.05. The fourth-order valence-electron chi connectivity index (χ4n) is 3.32. The summed E-state index contributed by atoms with van der Waals surface area (Å²) in [5.41, 5.74) is 3.02. The maximum absolute atomic E-state index is 12.2. The number of rotatable bonds is 7. The van der Waals surface area contributed by atoms with Crippen molar-refractivity contribution in [2.24, 2.45) is 0 Å². The highest BCUT2D eigenvalue weighted by Gasteiger charge is 2.26. The van der Waals surface area contributed by atoms with Gasteiger partial charge in [-0.25, -0.2) is 14.8 Å². The van der Waals surface area contributed by atoms with Crippen LogP contribution >= 0.6 is 11.6 Å². The van der Waals surface area contributed by atoms with E-state index in [1.54, 1.807) is 6.20 Å². The van der Waals surface area contributed by atoms with E-state index in [1.165, 1.54) is 0 Å². The molecule has 0 unspecified atom stereocenters. The fourth-order valence-corrected chi connectivity index (χ4v) is 3.52. The Balaban J connectivity index is 1.76. The number of amides is 1. The molecular weight excluding hydrogens is 452 g/mol. The summed E-state index contributed by atoms with van der Waals surface area (Å²) in [5.74, 6) is 0.422. The van der Waals surface area contributed by atoms with Gasteiger partial charge in [0.2, 0.25) is 5.95 Å². The minimum absolute atomic E-state index is 0.115. The lowest BCUT2D eigenvalue weighted by atomic mass is 9.93. The minimum Gasteiger partial charge on any atom is -0.444 e. The number of aromatic nitrogens is 2. The lowest BCUT2D eigenvalue weighted by molar-refractivity contribution is 0.0470. The Bertz CT molecular complexity index is 1120. The molecule has 0 saturated carbocycles. The van der Waals surface area contributed by atoms with Crippen LogP contribution in [0.25, 0.3) is 11.3 Å². The van der Waals surface area contributed by atoms with Crippen molar-refractivity contribution in [2.45, 2.75) is 52.2 Å². The second kappa shape index (κ2) is 10.4. The van der Waals surface area contributed by atoms with Crippen molar-refractivity contribution in [1.29, 1.82) is 0 Å². The first-order valence-electron chi connectivity index (χ1n) is 11.1. The summed E-state index contributed by atoms with van der Waals surface area (Å²) in [6.45, 7) is 9.43. The Morgan fingerprint density at radius 1 is 1.03 bits per heavy atom. The molecule has 1 amide bonds. The average molecular weight is 483 g/mol. The Morgan fingerprint density at radius 3 is 2.26 bits per heavy atom. The van der Waals surface area contributed by atoms with Gasteiger partial charge in [0.15, 0.2) is 0 Å². The number of nitrogens with one attached hydrogen (secondary N) is 2. The van der Waals surface area contributed by atoms with Crippen molar-refractivity contribution >= 4 is 29.3 Å². The number of aliphatic hydroxyl groups is 1. The minimum atomic E-state index is -0.634. The van der Waals surface area contributed by atoms with Gasteiger partial charge in [0.05, 0.1) is 22.5 Å². The van der Waals surface area contributed by atoms with Crippen LogP contribution in [-0.2, 0) is 16.7 Å². The van der Waals surface area contributed by atoms with E-state index in [0.717, 1.165) is 22.4 Å². The number of hydrogen-bond donors (Lipinski definition) is 3. The fraction of sp³-hybridized carbons (Fsp3) is 0.346. The first-order chi connectivity index (χ1) is 16.0. The van der Waals surface area contributed by atoms with Crippen LogP contribution in [0.5, 0.6) is 0 Å². The molecule has 0 fully saturated rings. The molecule has 180 valence electrons. The van der Waals surface area contributed by atoms with Crippen LogP contribution in [0.3, 0.4) is 0 Å². The van der Waals surface area contributed by atoms with Crippen LogP contribution in [0.2, 0.25) is 5.02 Å². The van der Waals surface area contributed by atoms with Gasteiger partial charge in [-0.3, -0.25) is 0 Å². The largest absolute Gasteiger partial charge is 0.444 e. The number of carbonyl (C=O) groups is 1. The number of halogens is 1. The molecule has 0 spiro atoms. The van der Waals surface area contributed by atoms with Gasteiger partial charge in [-0.1, -0.05) is 48.0 Å². The monoisotopic (exact) mass is 482 g/mol. The van der Waals surface area contributed by atoms with Crippen LogP contribution < -0.4 is 10.6 Å². The van der Waals surface area contributed by atoms with Gasteiger partial charge in [0, 0.05) is 17.9 Å². The molecule has 0 aliphatic rings. The Kier molecular flexibility index (Phi) is 7.79. The van der Waals surface area contributed by atoms with E-state index in [9.17, 15) is 4.79 Å². The Labute approximate surface area is 205 Å². The zero-order chi connectivity index (χ0) is 24.9. The van der Waals surface area contributed by atoms with Gasteiger partial charge in [0.1, 0.15) is 5.60 Å². The first-order valence-corrected chi connectivity index (χ1v) is 11.5. The van der Waals surface area contributed by atoms with E-state index in [4.69, 9.17) is 21.4 Å². The van der Waals surface area contributed by atoms with Crippen LogP contribution in [0.15, 0.2) is 54.7 Å².